The van der Waals surface area contributed by atoms with Crippen LogP contribution in [0.2, 0.25) is 0 Å². The molecule has 0 atom stereocenters. The molecule has 1 nitrogen and oxygen atoms in total. The van der Waals surface area contributed by atoms with E-state index in [2.05, 4.69) is 207 Å². The van der Waals surface area contributed by atoms with Gasteiger partial charge in [-0.3, -0.25) is 0 Å². The zero-order valence-electron chi connectivity index (χ0n) is 29.8. The van der Waals surface area contributed by atoms with Crippen LogP contribution in [-0.4, -0.2) is 0 Å². The van der Waals surface area contributed by atoms with Gasteiger partial charge in [0.25, 0.3) is 0 Å². The van der Waals surface area contributed by atoms with Gasteiger partial charge in [0.1, 0.15) is 0 Å². The van der Waals surface area contributed by atoms with Crippen molar-refractivity contribution in [2.24, 2.45) is 0 Å². The molecule has 1 aromatic heterocycles. The van der Waals surface area contributed by atoms with E-state index < -0.39 is 0 Å². The molecule has 0 fully saturated rings. The van der Waals surface area contributed by atoms with E-state index in [1.54, 1.807) is 0 Å². The molecule has 0 aliphatic heterocycles. The van der Waals surface area contributed by atoms with Crippen molar-refractivity contribution in [1.82, 2.24) is 0 Å². The summed E-state index contributed by atoms with van der Waals surface area (Å²) in [6.07, 6.45) is 0. The number of nitrogens with zero attached hydrogens (tertiary/aromatic N) is 1. The standard InChI is InChI=1S/C51H37NS/c1-51(2)47-19-11-9-17-43(47)44-27-26-41(33-48(44)51)52(42-30-38(34-13-5-3-6-14-34)29-39(31-42)35-15-7-4-8-16-35)40-24-21-36(22-25-40)37-23-28-50-46(32-37)45-18-10-12-20-49(45)53-50/h3-33H,1-2H3. The second kappa shape index (κ2) is 12.5. The molecule has 9 aromatic rings. The lowest BCUT2D eigenvalue weighted by molar-refractivity contribution is 0.660. The molecule has 0 saturated carbocycles. The van der Waals surface area contributed by atoms with Crippen molar-refractivity contribution in [2.75, 3.05) is 4.90 Å². The number of hydrogen-bond acceptors (Lipinski definition) is 2. The number of thiophene rings is 1. The molecule has 53 heavy (non-hydrogen) atoms. The largest absolute Gasteiger partial charge is 0.310 e. The van der Waals surface area contributed by atoms with Gasteiger partial charge >= 0.3 is 0 Å². The van der Waals surface area contributed by atoms with Crippen LogP contribution in [-0.2, 0) is 5.41 Å². The summed E-state index contributed by atoms with van der Waals surface area (Å²) in [5, 5.41) is 2.65. The molecule has 2 heteroatoms. The number of benzene rings is 8. The molecule has 252 valence electrons. The predicted octanol–water partition coefficient (Wildman–Crippen LogP) is 14.8. The van der Waals surface area contributed by atoms with Gasteiger partial charge in [-0.05, 0) is 116 Å². The summed E-state index contributed by atoms with van der Waals surface area (Å²) >= 11 is 1.86. The summed E-state index contributed by atoms with van der Waals surface area (Å²) in [6, 6.07) is 69.2. The minimum atomic E-state index is -0.108. The zero-order valence-corrected chi connectivity index (χ0v) is 30.6. The Hall–Kier alpha value is -6.22. The Morgan fingerprint density at radius 3 is 1.66 bits per heavy atom. The number of rotatable bonds is 6. The average molecular weight is 696 g/mol. The molecule has 8 aromatic carbocycles. The van der Waals surface area contributed by atoms with Crippen LogP contribution < -0.4 is 4.90 Å². The van der Waals surface area contributed by atoms with Crippen LogP contribution in [0.25, 0.3) is 64.7 Å². The van der Waals surface area contributed by atoms with Crippen molar-refractivity contribution in [1.29, 1.82) is 0 Å². The van der Waals surface area contributed by atoms with Crippen LogP contribution in [0.4, 0.5) is 17.1 Å². The van der Waals surface area contributed by atoms with E-state index in [1.165, 1.54) is 75.8 Å². The highest BCUT2D eigenvalue weighted by Crippen LogP contribution is 2.51. The normalized spacial score (nSPS) is 12.9. The maximum Gasteiger partial charge on any atom is 0.0473 e. The first-order valence-electron chi connectivity index (χ1n) is 18.3. The Balaban J connectivity index is 1.15. The van der Waals surface area contributed by atoms with Gasteiger partial charge in [-0.25, -0.2) is 0 Å². The Kier molecular flexibility index (Phi) is 7.42. The van der Waals surface area contributed by atoms with E-state index in [0.29, 0.717) is 0 Å². The van der Waals surface area contributed by atoms with Gasteiger partial charge in [0, 0.05) is 42.6 Å². The van der Waals surface area contributed by atoms with Gasteiger partial charge in [-0.2, -0.15) is 0 Å². The fraction of sp³-hybridized carbons (Fsp3) is 0.0588. The highest BCUT2D eigenvalue weighted by atomic mass is 32.1. The molecule has 0 radical (unpaired) electrons. The van der Waals surface area contributed by atoms with Crippen molar-refractivity contribution < 1.29 is 0 Å². The highest BCUT2D eigenvalue weighted by molar-refractivity contribution is 7.25. The van der Waals surface area contributed by atoms with Crippen LogP contribution in [0.5, 0.6) is 0 Å². The Morgan fingerprint density at radius 1 is 0.358 bits per heavy atom. The van der Waals surface area contributed by atoms with Crippen molar-refractivity contribution in [3.63, 3.8) is 0 Å². The lowest BCUT2D eigenvalue weighted by Gasteiger charge is -2.29. The highest BCUT2D eigenvalue weighted by Gasteiger charge is 2.35. The maximum absolute atomic E-state index is 2.44. The Bertz CT molecular complexity index is 2730. The third-order valence-corrected chi connectivity index (χ3v) is 12.2. The summed E-state index contributed by atoms with van der Waals surface area (Å²) in [6.45, 7) is 4.72. The quantitative estimate of drug-likeness (QED) is 0.167. The van der Waals surface area contributed by atoms with Gasteiger partial charge in [0.15, 0.2) is 0 Å². The summed E-state index contributed by atoms with van der Waals surface area (Å²) in [4.78, 5) is 2.44. The zero-order chi connectivity index (χ0) is 35.5. The second-order valence-corrected chi connectivity index (χ2v) is 15.7. The summed E-state index contributed by atoms with van der Waals surface area (Å²) in [5.41, 5.74) is 15.9. The van der Waals surface area contributed by atoms with E-state index in [9.17, 15) is 0 Å². The minimum absolute atomic E-state index is 0.108. The van der Waals surface area contributed by atoms with Crippen LogP contribution >= 0.6 is 11.3 Å². The van der Waals surface area contributed by atoms with Crippen LogP contribution in [0.1, 0.15) is 25.0 Å². The molecular weight excluding hydrogens is 659 g/mol. The van der Waals surface area contributed by atoms with E-state index in [0.717, 1.165) is 17.1 Å². The molecule has 0 spiro atoms. The van der Waals surface area contributed by atoms with Gasteiger partial charge in [-0.15, -0.1) is 11.3 Å². The van der Waals surface area contributed by atoms with E-state index >= 15 is 0 Å². The molecular formula is C51H37NS. The minimum Gasteiger partial charge on any atom is -0.310 e. The Labute approximate surface area is 315 Å². The van der Waals surface area contributed by atoms with Gasteiger partial charge < -0.3 is 4.90 Å². The van der Waals surface area contributed by atoms with Crippen molar-refractivity contribution in [3.05, 3.63) is 199 Å². The first-order valence-corrected chi connectivity index (χ1v) is 19.2. The fourth-order valence-corrected chi connectivity index (χ4v) is 9.41. The topological polar surface area (TPSA) is 3.24 Å². The summed E-state index contributed by atoms with van der Waals surface area (Å²) in [7, 11) is 0. The van der Waals surface area contributed by atoms with Gasteiger partial charge in [0.2, 0.25) is 0 Å². The average Bonchev–Trinajstić information content (AvgIpc) is 3.70. The number of fused-ring (bicyclic) bond motifs is 6. The molecule has 0 bridgehead atoms. The smallest absolute Gasteiger partial charge is 0.0473 e. The monoisotopic (exact) mass is 695 g/mol. The summed E-state index contributed by atoms with van der Waals surface area (Å²) < 4.78 is 2.66. The molecule has 0 saturated heterocycles. The lowest BCUT2D eigenvalue weighted by Crippen LogP contribution is -2.16. The molecule has 1 heterocycles. The number of hydrogen-bond donors (Lipinski definition) is 0. The van der Waals surface area contributed by atoms with Crippen LogP contribution in [0.3, 0.4) is 0 Å². The van der Waals surface area contributed by atoms with Gasteiger partial charge in [0.05, 0.1) is 0 Å². The van der Waals surface area contributed by atoms with Crippen molar-refractivity contribution >= 4 is 48.6 Å². The van der Waals surface area contributed by atoms with E-state index in [4.69, 9.17) is 0 Å². The van der Waals surface area contributed by atoms with E-state index in [-0.39, 0.29) is 5.41 Å². The SMILES string of the molecule is CC1(C)c2ccccc2-c2ccc(N(c3ccc(-c4ccc5sc6ccccc6c5c4)cc3)c3cc(-c4ccccc4)cc(-c4ccccc4)c3)cc21. The third kappa shape index (κ3) is 5.37. The number of anilines is 3. The second-order valence-electron chi connectivity index (χ2n) is 14.6. The van der Waals surface area contributed by atoms with Crippen LogP contribution in [0, 0.1) is 0 Å². The van der Waals surface area contributed by atoms with Crippen molar-refractivity contribution in [2.45, 2.75) is 19.3 Å². The molecule has 1 aliphatic rings. The first kappa shape index (κ1) is 31.5. The van der Waals surface area contributed by atoms with Crippen molar-refractivity contribution in [3.8, 4) is 44.5 Å². The predicted molar refractivity (Wildman–Crippen MR) is 228 cm³/mol. The third-order valence-electron chi connectivity index (χ3n) is 11.1. The molecule has 0 amide bonds. The maximum atomic E-state index is 2.44. The van der Waals surface area contributed by atoms with Gasteiger partial charge in [-0.1, -0.05) is 141 Å². The van der Waals surface area contributed by atoms with E-state index in [1.807, 2.05) is 11.3 Å². The fourth-order valence-electron chi connectivity index (χ4n) is 8.32. The molecule has 0 unspecified atom stereocenters. The molecule has 0 N–H and O–H groups in total. The molecule has 10 rings (SSSR count). The lowest BCUT2D eigenvalue weighted by atomic mass is 9.82. The molecule has 1 aliphatic carbocycles. The Morgan fingerprint density at radius 2 is 0.925 bits per heavy atom. The first-order chi connectivity index (χ1) is 26.0. The summed E-state index contributed by atoms with van der Waals surface area (Å²) in [5.74, 6) is 0. The van der Waals surface area contributed by atoms with Crippen LogP contribution in [0.15, 0.2) is 188 Å².